The van der Waals surface area contributed by atoms with Gasteiger partial charge in [0, 0.05) is 12.0 Å². The van der Waals surface area contributed by atoms with E-state index < -0.39 is 12.2 Å². The standard InChI is InChI=1S/C24H27NO5/c1-17(12-13-26)23(19-8-4-9-20(16-19)29-15-14-27)30-24(28)25-22-11-5-7-18-6-2-3-10-21(18)22/h2-11,16-17,23,26-27H,12-15H2,1H3,(H,25,28)/t17-,23+/m1/s1. The molecule has 0 unspecified atom stereocenters. The number of hydrogen-bond acceptors (Lipinski definition) is 5. The summed E-state index contributed by atoms with van der Waals surface area (Å²) in [4.78, 5) is 12.7. The molecule has 0 bridgehead atoms. The number of nitrogens with one attached hydrogen (secondary N) is 1. The highest BCUT2D eigenvalue weighted by Crippen LogP contribution is 2.31. The second-order valence-corrected chi connectivity index (χ2v) is 7.11. The third kappa shape index (κ3) is 5.49. The number of aliphatic hydroxyl groups excluding tert-OH is 2. The lowest BCUT2D eigenvalue weighted by atomic mass is 9.94. The Balaban J connectivity index is 1.80. The number of benzene rings is 3. The number of fused-ring (bicyclic) bond motifs is 1. The van der Waals surface area contributed by atoms with Crippen LogP contribution in [0.15, 0.2) is 66.7 Å². The highest BCUT2D eigenvalue weighted by molar-refractivity contribution is 6.00. The molecule has 3 aromatic rings. The summed E-state index contributed by atoms with van der Waals surface area (Å²) in [5.41, 5.74) is 1.44. The van der Waals surface area contributed by atoms with Crippen molar-refractivity contribution in [3.05, 3.63) is 72.3 Å². The topological polar surface area (TPSA) is 88.0 Å². The zero-order chi connectivity index (χ0) is 21.3. The number of carbonyl (C=O) groups is 1. The van der Waals surface area contributed by atoms with E-state index in [2.05, 4.69) is 5.32 Å². The van der Waals surface area contributed by atoms with Crippen molar-refractivity contribution in [2.75, 3.05) is 25.1 Å². The molecule has 3 aromatic carbocycles. The van der Waals surface area contributed by atoms with Crippen molar-refractivity contribution in [3.63, 3.8) is 0 Å². The molecule has 6 nitrogen and oxygen atoms in total. The molecule has 0 radical (unpaired) electrons. The van der Waals surface area contributed by atoms with Crippen LogP contribution in [0.2, 0.25) is 0 Å². The van der Waals surface area contributed by atoms with Gasteiger partial charge < -0.3 is 19.7 Å². The summed E-state index contributed by atoms with van der Waals surface area (Å²) in [7, 11) is 0. The van der Waals surface area contributed by atoms with E-state index in [1.54, 1.807) is 12.1 Å². The number of hydrogen-bond donors (Lipinski definition) is 3. The second kappa shape index (κ2) is 10.6. The van der Waals surface area contributed by atoms with Crippen molar-refractivity contribution < 1.29 is 24.5 Å². The maximum atomic E-state index is 12.7. The van der Waals surface area contributed by atoms with Crippen LogP contribution in [0.4, 0.5) is 10.5 Å². The SMILES string of the molecule is C[C@H](CCO)[C@H](OC(=O)Nc1cccc2ccccc12)c1cccc(OCCO)c1. The first-order valence-corrected chi connectivity index (χ1v) is 10.0. The molecular weight excluding hydrogens is 382 g/mol. The van der Waals surface area contributed by atoms with E-state index in [4.69, 9.17) is 14.6 Å². The van der Waals surface area contributed by atoms with Crippen molar-refractivity contribution in [2.24, 2.45) is 5.92 Å². The fourth-order valence-corrected chi connectivity index (χ4v) is 3.40. The van der Waals surface area contributed by atoms with Crippen LogP contribution >= 0.6 is 0 Å². The average Bonchev–Trinajstić information content (AvgIpc) is 2.76. The van der Waals surface area contributed by atoms with Crippen LogP contribution in [0.5, 0.6) is 5.75 Å². The van der Waals surface area contributed by atoms with Gasteiger partial charge in [-0.1, -0.05) is 55.5 Å². The Bertz CT molecular complexity index is 969. The number of anilines is 1. The van der Waals surface area contributed by atoms with E-state index in [1.165, 1.54) is 0 Å². The van der Waals surface area contributed by atoms with Gasteiger partial charge in [-0.25, -0.2) is 4.79 Å². The zero-order valence-corrected chi connectivity index (χ0v) is 17.0. The molecule has 0 aliphatic rings. The lowest BCUT2D eigenvalue weighted by molar-refractivity contribution is 0.0665. The Hall–Kier alpha value is -3.09. The molecule has 1 amide bonds. The lowest BCUT2D eigenvalue weighted by Gasteiger charge is -2.25. The van der Waals surface area contributed by atoms with Crippen molar-refractivity contribution in [1.82, 2.24) is 0 Å². The monoisotopic (exact) mass is 409 g/mol. The minimum atomic E-state index is -0.567. The number of aliphatic hydroxyl groups is 2. The van der Waals surface area contributed by atoms with Crippen molar-refractivity contribution in [1.29, 1.82) is 0 Å². The number of carbonyl (C=O) groups excluding carboxylic acids is 1. The van der Waals surface area contributed by atoms with Gasteiger partial charge in [0.1, 0.15) is 18.5 Å². The van der Waals surface area contributed by atoms with E-state index in [1.807, 2.05) is 61.5 Å². The predicted molar refractivity (Wildman–Crippen MR) is 117 cm³/mol. The van der Waals surface area contributed by atoms with Gasteiger partial charge in [-0.05, 0) is 41.5 Å². The summed E-state index contributed by atoms with van der Waals surface area (Å²) in [6.45, 7) is 2.02. The van der Waals surface area contributed by atoms with Crippen LogP contribution in [-0.4, -0.2) is 36.1 Å². The van der Waals surface area contributed by atoms with Gasteiger partial charge in [0.25, 0.3) is 0 Å². The van der Waals surface area contributed by atoms with Crippen LogP contribution in [0.25, 0.3) is 10.8 Å². The van der Waals surface area contributed by atoms with Gasteiger partial charge >= 0.3 is 6.09 Å². The first-order chi connectivity index (χ1) is 14.6. The molecule has 0 aliphatic carbocycles. The maximum absolute atomic E-state index is 12.7. The Morgan fingerprint density at radius 2 is 1.77 bits per heavy atom. The largest absolute Gasteiger partial charge is 0.491 e. The number of amides is 1. The van der Waals surface area contributed by atoms with Gasteiger partial charge in [0.2, 0.25) is 0 Å². The Kier molecular flexibility index (Phi) is 7.65. The van der Waals surface area contributed by atoms with E-state index in [0.29, 0.717) is 17.9 Å². The number of ether oxygens (including phenoxy) is 2. The highest BCUT2D eigenvalue weighted by atomic mass is 16.6. The molecule has 0 spiro atoms. The first-order valence-electron chi connectivity index (χ1n) is 10.0. The summed E-state index contributed by atoms with van der Waals surface area (Å²) >= 11 is 0. The van der Waals surface area contributed by atoms with Crippen LogP contribution in [0, 0.1) is 5.92 Å². The fourth-order valence-electron chi connectivity index (χ4n) is 3.40. The van der Waals surface area contributed by atoms with Crippen LogP contribution in [-0.2, 0) is 4.74 Å². The molecule has 0 aromatic heterocycles. The second-order valence-electron chi connectivity index (χ2n) is 7.11. The van der Waals surface area contributed by atoms with Gasteiger partial charge in [0.05, 0.1) is 12.3 Å². The molecule has 158 valence electrons. The minimum absolute atomic E-state index is 0.00727. The summed E-state index contributed by atoms with van der Waals surface area (Å²) in [6.07, 6.45) is -0.652. The first kappa shape index (κ1) is 21.6. The van der Waals surface area contributed by atoms with E-state index >= 15 is 0 Å². The van der Waals surface area contributed by atoms with Crippen LogP contribution < -0.4 is 10.1 Å². The summed E-state index contributed by atoms with van der Waals surface area (Å²) < 4.78 is 11.3. The van der Waals surface area contributed by atoms with E-state index in [-0.39, 0.29) is 25.7 Å². The van der Waals surface area contributed by atoms with Gasteiger partial charge in [0.15, 0.2) is 0 Å². The molecule has 6 heteroatoms. The molecule has 2 atom stereocenters. The molecule has 0 saturated carbocycles. The average molecular weight is 409 g/mol. The van der Waals surface area contributed by atoms with Gasteiger partial charge in [-0.2, -0.15) is 0 Å². The molecule has 3 rings (SSSR count). The molecule has 0 heterocycles. The predicted octanol–water partition coefficient (Wildman–Crippen LogP) is 4.52. The van der Waals surface area contributed by atoms with Gasteiger partial charge in [-0.3, -0.25) is 5.32 Å². The maximum Gasteiger partial charge on any atom is 0.412 e. The molecular formula is C24H27NO5. The van der Waals surface area contributed by atoms with E-state index in [0.717, 1.165) is 16.3 Å². The minimum Gasteiger partial charge on any atom is -0.491 e. The molecule has 0 saturated heterocycles. The Morgan fingerprint density at radius 1 is 1.00 bits per heavy atom. The summed E-state index contributed by atoms with van der Waals surface area (Å²) in [5.74, 6) is 0.474. The summed E-state index contributed by atoms with van der Waals surface area (Å²) in [5, 5.41) is 23.1. The molecule has 0 aliphatic heterocycles. The van der Waals surface area contributed by atoms with Gasteiger partial charge in [-0.15, -0.1) is 0 Å². The molecule has 3 N–H and O–H groups in total. The van der Waals surface area contributed by atoms with E-state index in [9.17, 15) is 9.90 Å². The van der Waals surface area contributed by atoms with Crippen molar-refractivity contribution in [3.8, 4) is 5.75 Å². The summed E-state index contributed by atoms with van der Waals surface area (Å²) in [6, 6.07) is 20.7. The lowest BCUT2D eigenvalue weighted by Crippen LogP contribution is -2.22. The zero-order valence-electron chi connectivity index (χ0n) is 17.0. The Labute approximate surface area is 176 Å². The third-order valence-corrected chi connectivity index (χ3v) is 4.91. The quantitative estimate of drug-likeness (QED) is 0.484. The smallest absolute Gasteiger partial charge is 0.412 e. The molecule has 0 fully saturated rings. The fraction of sp³-hybridized carbons (Fsp3) is 0.292. The van der Waals surface area contributed by atoms with Crippen molar-refractivity contribution in [2.45, 2.75) is 19.4 Å². The van der Waals surface area contributed by atoms with Crippen LogP contribution in [0.3, 0.4) is 0 Å². The van der Waals surface area contributed by atoms with Crippen LogP contribution in [0.1, 0.15) is 25.0 Å². The highest BCUT2D eigenvalue weighted by Gasteiger charge is 2.24. The normalized spacial score (nSPS) is 12.9. The van der Waals surface area contributed by atoms with Crippen molar-refractivity contribution >= 4 is 22.6 Å². The third-order valence-electron chi connectivity index (χ3n) is 4.91. The Morgan fingerprint density at radius 3 is 2.57 bits per heavy atom. The number of rotatable bonds is 9. The molecule has 30 heavy (non-hydrogen) atoms.